The number of fused-ring (bicyclic) bond motifs is 1. The second kappa shape index (κ2) is 6.99. The number of ketones is 1. The zero-order valence-corrected chi connectivity index (χ0v) is 16.3. The summed E-state index contributed by atoms with van der Waals surface area (Å²) in [6, 6.07) is 9.46. The van der Waals surface area contributed by atoms with E-state index in [4.69, 9.17) is 4.74 Å². The van der Waals surface area contributed by atoms with Crippen molar-refractivity contribution in [3.63, 3.8) is 0 Å². The average Bonchev–Trinajstić information content (AvgIpc) is 2.98. The maximum atomic E-state index is 13.1. The van der Waals surface area contributed by atoms with Crippen molar-refractivity contribution in [3.8, 4) is 5.75 Å². The third-order valence-corrected chi connectivity index (χ3v) is 4.50. The third kappa shape index (κ3) is 3.77. The highest BCUT2D eigenvalue weighted by Crippen LogP contribution is 2.35. The molecule has 0 aliphatic carbocycles. The van der Waals surface area contributed by atoms with Gasteiger partial charge in [-0.1, -0.05) is 33.8 Å². The van der Waals surface area contributed by atoms with Gasteiger partial charge in [0.1, 0.15) is 11.4 Å². The smallest absolute Gasteiger partial charge is 0.310 e. The fourth-order valence-electron chi connectivity index (χ4n) is 2.87. The molecule has 0 spiro atoms. The van der Waals surface area contributed by atoms with E-state index in [0.29, 0.717) is 5.69 Å². The maximum absolute atomic E-state index is 13.1. The molecule has 27 heavy (non-hydrogen) atoms. The minimum atomic E-state index is -0.386. The predicted octanol–water partition coefficient (Wildman–Crippen LogP) is 4.72. The fraction of sp³-hybridized carbons (Fsp3) is 0.318. The predicted molar refractivity (Wildman–Crippen MR) is 105 cm³/mol. The standard InChI is InChI=1S/C22H24N2O3/c1-6-18(25)27-21-15-12-14(22(3,4)5)7-8-16(15)24-19(21)20(26)17-11-13(2)9-10-23-17/h7-12,24H,6H2,1-5H3. The number of pyridine rings is 1. The lowest BCUT2D eigenvalue weighted by Crippen LogP contribution is -2.12. The van der Waals surface area contributed by atoms with Gasteiger partial charge in [0.2, 0.25) is 5.78 Å². The van der Waals surface area contributed by atoms with Crippen molar-refractivity contribution in [2.24, 2.45) is 0 Å². The van der Waals surface area contributed by atoms with E-state index in [1.165, 1.54) is 0 Å². The molecular formula is C22H24N2O3. The number of aromatic nitrogens is 2. The van der Waals surface area contributed by atoms with Crippen molar-refractivity contribution in [2.45, 2.75) is 46.5 Å². The van der Waals surface area contributed by atoms with Gasteiger partial charge in [0.25, 0.3) is 0 Å². The van der Waals surface area contributed by atoms with Gasteiger partial charge in [-0.2, -0.15) is 0 Å². The molecule has 0 fully saturated rings. The second-order valence-electron chi connectivity index (χ2n) is 7.71. The number of hydrogen-bond acceptors (Lipinski definition) is 4. The summed E-state index contributed by atoms with van der Waals surface area (Å²) in [5, 5.41) is 0.722. The van der Waals surface area contributed by atoms with E-state index in [9.17, 15) is 9.59 Å². The third-order valence-electron chi connectivity index (χ3n) is 4.50. The highest BCUT2D eigenvalue weighted by molar-refractivity contribution is 6.13. The van der Waals surface area contributed by atoms with Gasteiger partial charge < -0.3 is 9.72 Å². The van der Waals surface area contributed by atoms with Gasteiger partial charge in [0.15, 0.2) is 5.75 Å². The molecule has 0 aliphatic rings. The lowest BCUT2D eigenvalue weighted by Gasteiger charge is -2.19. The number of H-pyrrole nitrogens is 1. The zero-order valence-electron chi connectivity index (χ0n) is 16.3. The van der Waals surface area contributed by atoms with Gasteiger partial charge in [-0.3, -0.25) is 14.6 Å². The van der Waals surface area contributed by atoms with Gasteiger partial charge >= 0.3 is 5.97 Å². The first-order valence-corrected chi connectivity index (χ1v) is 9.05. The van der Waals surface area contributed by atoms with E-state index < -0.39 is 0 Å². The molecule has 0 atom stereocenters. The summed E-state index contributed by atoms with van der Waals surface area (Å²) in [4.78, 5) is 32.4. The first kappa shape index (κ1) is 18.8. The number of benzene rings is 1. The zero-order chi connectivity index (χ0) is 19.8. The number of ether oxygens (including phenoxy) is 1. The van der Waals surface area contributed by atoms with Gasteiger partial charge in [0.05, 0.1) is 0 Å². The summed E-state index contributed by atoms with van der Waals surface area (Å²) >= 11 is 0. The van der Waals surface area contributed by atoms with Gasteiger partial charge in [-0.15, -0.1) is 0 Å². The van der Waals surface area contributed by atoms with Crippen LogP contribution in [-0.2, 0) is 10.2 Å². The van der Waals surface area contributed by atoms with Crippen molar-refractivity contribution in [2.75, 3.05) is 0 Å². The average molecular weight is 364 g/mol. The number of aromatic amines is 1. The quantitative estimate of drug-likeness (QED) is 0.537. The van der Waals surface area contributed by atoms with Gasteiger partial charge in [-0.05, 0) is 47.7 Å². The normalized spacial score (nSPS) is 11.6. The minimum Gasteiger partial charge on any atom is -0.423 e. The van der Waals surface area contributed by atoms with Crippen LogP contribution in [0.15, 0.2) is 36.5 Å². The van der Waals surface area contributed by atoms with Crippen molar-refractivity contribution < 1.29 is 14.3 Å². The number of carbonyl (C=O) groups is 2. The Balaban J connectivity index is 2.20. The molecule has 0 aliphatic heterocycles. The van der Waals surface area contributed by atoms with Crippen LogP contribution in [0, 0.1) is 6.92 Å². The molecule has 1 N–H and O–H groups in total. The highest BCUT2D eigenvalue weighted by atomic mass is 16.5. The Morgan fingerprint density at radius 1 is 1.15 bits per heavy atom. The van der Waals surface area contributed by atoms with Crippen LogP contribution >= 0.6 is 0 Å². The first-order chi connectivity index (χ1) is 12.7. The molecule has 5 heteroatoms. The molecule has 1 aromatic carbocycles. The summed E-state index contributed by atoms with van der Waals surface area (Å²) < 4.78 is 5.57. The molecule has 5 nitrogen and oxygen atoms in total. The van der Waals surface area contributed by atoms with E-state index >= 15 is 0 Å². The van der Waals surface area contributed by atoms with Crippen LogP contribution in [0.25, 0.3) is 10.9 Å². The van der Waals surface area contributed by atoms with E-state index in [2.05, 4.69) is 30.7 Å². The molecule has 2 aromatic heterocycles. The van der Waals surface area contributed by atoms with E-state index in [-0.39, 0.29) is 35.0 Å². The van der Waals surface area contributed by atoms with Crippen molar-refractivity contribution in [1.29, 1.82) is 0 Å². The molecule has 2 heterocycles. The van der Waals surface area contributed by atoms with Crippen LogP contribution in [0.2, 0.25) is 0 Å². The summed E-state index contributed by atoms with van der Waals surface area (Å²) in [5.74, 6) is -0.411. The monoisotopic (exact) mass is 364 g/mol. The molecule has 0 unspecified atom stereocenters. The Bertz CT molecular complexity index is 1030. The van der Waals surface area contributed by atoms with Gasteiger partial charge in [-0.25, -0.2) is 0 Å². The Kier molecular flexibility index (Phi) is 4.87. The van der Waals surface area contributed by atoms with Crippen LogP contribution in [0.1, 0.15) is 61.4 Å². The summed E-state index contributed by atoms with van der Waals surface area (Å²) in [6.07, 6.45) is 1.82. The van der Waals surface area contributed by atoms with Crippen LogP contribution in [0.4, 0.5) is 0 Å². The molecule has 3 aromatic rings. The Hall–Kier alpha value is -2.95. The van der Waals surface area contributed by atoms with E-state index in [0.717, 1.165) is 22.0 Å². The molecule has 0 radical (unpaired) electrons. The number of rotatable bonds is 4. The molecule has 0 bridgehead atoms. The second-order valence-corrected chi connectivity index (χ2v) is 7.71. The van der Waals surface area contributed by atoms with Crippen LogP contribution in [-0.4, -0.2) is 21.7 Å². The number of carbonyl (C=O) groups excluding carboxylic acids is 2. The van der Waals surface area contributed by atoms with Crippen LogP contribution in [0.5, 0.6) is 5.75 Å². The molecule has 0 saturated heterocycles. The lowest BCUT2D eigenvalue weighted by atomic mass is 9.86. The van der Waals surface area contributed by atoms with Crippen LogP contribution in [0.3, 0.4) is 0 Å². The van der Waals surface area contributed by atoms with E-state index in [1.807, 2.05) is 31.2 Å². The topological polar surface area (TPSA) is 72.1 Å². The van der Waals surface area contributed by atoms with Crippen molar-refractivity contribution in [3.05, 3.63) is 59.0 Å². The number of hydrogen-bond donors (Lipinski definition) is 1. The minimum absolute atomic E-state index is 0.0697. The number of nitrogens with one attached hydrogen (secondary N) is 1. The Labute approximate surface area is 158 Å². The van der Waals surface area contributed by atoms with Crippen molar-refractivity contribution in [1.82, 2.24) is 9.97 Å². The van der Waals surface area contributed by atoms with Gasteiger partial charge in [0, 0.05) is 23.5 Å². The fourth-order valence-corrected chi connectivity index (χ4v) is 2.87. The number of aryl methyl sites for hydroxylation is 1. The summed E-state index contributed by atoms with van der Waals surface area (Å²) in [7, 11) is 0. The largest absolute Gasteiger partial charge is 0.423 e. The molecule has 3 rings (SSSR count). The number of nitrogens with zero attached hydrogens (tertiary/aromatic N) is 1. The number of esters is 1. The highest BCUT2D eigenvalue weighted by Gasteiger charge is 2.25. The summed E-state index contributed by atoms with van der Waals surface area (Å²) in [6.45, 7) is 9.96. The lowest BCUT2D eigenvalue weighted by molar-refractivity contribution is -0.133. The maximum Gasteiger partial charge on any atom is 0.310 e. The molecular weight excluding hydrogens is 340 g/mol. The Morgan fingerprint density at radius 3 is 2.52 bits per heavy atom. The first-order valence-electron chi connectivity index (χ1n) is 9.05. The van der Waals surface area contributed by atoms with E-state index in [1.54, 1.807) is 19.2 Å². The SMILES string of the molecule is CCC(=O)Oc1c(C(=O)c2cc(C)ccn2)[nH]c2ccc(C(C)(C)C)cc12. The molecule has 0 amide bonds. The van der Waals surface area contributed by atoms with Crippen molar-refractivity contribution >= 4 is 22.7 Å². The molecule has 140 valence electrons. The van der Waals surface area contributed by atoms with Crippen LogP contribution < -0.4 is 4.74 Å². The summed E-state index contributed by atoms with van der Waals surface area (Å²) in [5.41, 5.74) is 3.27. The molecule has 0 saturated carbocycles. The Morgan fingerprint density at radius 2 is 1.89 bits per heavy atom.